The molecule has 0 fully saturated rings. The van der Waals surface area contributed by atoms with Gasteiger partial charge in [-0.1, -0.05) is 33.0 Å². The van der Waals surface area contributed by atoms with Crippen molar-refractivity contribution in [2.45, 2.75) is 0 Å². The van der Waals surface area contributed by atoms with Crippen LogP contribution in [0.4, 0.5) is 0 Å². The summed E-state index contributed by atoms with van der Waals surface area (Å²) in [7, 11) is 0. The molecule has 6 nitrogen and oxygen atoms in total. The second-order valence-corrected chi connectivity index (χ2v) is 4.20. The molecule has 1 aromatic carbocycles. The summed E-state index contributed by atoms with van der Waals surface area (Å²) in [6.07, 6.45) is 0. The van der Waals surface area contributed by atoms with Gasteiger partial charge in [-0.2, -0.15) is 5.21 Å². The first-order valence-electron chi connectivity index (χ1n) is 4.73. The van der Waals surface area contributed by atoms with Crippen LogP contribution in [-0.2, 0) is 0 Å². The van der Waals surface area contributed by atoms with Gasteiger partial charge >= 0.3 is 0 Å². The Bertz CT molecular complexity index is 683. The van der Waals surface area contributed by atoms with Gasteiger partial charge in [0.15, 0.2) is 0 Å². The number of nitrogens with one attached hydrogen (secondary N) is 1. The van der Waals surface area contributed by atoms with E-state index in [-0.39, 0.29) is 0 Å². The van der Waals surface area contributed by atoms with Gasteiger partial charge in [-0.3, -0.25) is 0 Å². The average molecular weight is 262 g/mol. The molecule has 0 spiro atoms. The normalized spacial score (nSPS) is 10.6. The quantitative estimate of drug-likeness (QED) is 0.713. The molecule has 2 aromatic heterocycles. The molecule has 84 valence electrons. The lowest BCUT2D eigenvalue weighted by Gasteiger charge is -2.05. The second-order valence-electron chi connectivity index (χ2n) is 3.23. The van der Waals surface area contributed by atoms with Gasteiger partial charge in [-0.15, -0.1) is 5.10 Å². The number of benzene rings is 1. The van der Waals surface area contributed by atoms with Crippen molar-refractivity contribution in [1.29, 1.82) is 0 Å². The van der Waals surface area contributed by atoms with Crippen LogP contribution in [0.25, 0.3) is 16.9 Å². The molecule has 0 saturated heterocycles. The number of para-hydroxylation sites is 1. The zero-order valence-corrected chi connectivity index (χ0v) is 10.1. The minimum Gasteiger partial charge on any atom is -0.209 e. The van der Waals surface area contributed by atoms with E-state index in [1.165, 1.54) is 11.5 Å². The molecule has 0 atom stereocenters. The van der Waals surface area contributed by atoms with Gasteiger partial charge in [0.05, 0.1) is 5.69 Å². The third kappa shape index (κ3) is 1.77. The molecule has 0 saturated carbocycles. The van der Waals surface area contributed by atoms with Crippen molar-refractivity contribution >= 4 is 23.8 Å². The number of hydrogen-bond donors (Lipinski definition) is 1. The third-order valence-corrected chi connectivity index (χ3v) is 3.02. The largest absolute Gasteiger partial charge is 0.242 e. The summed E-state index contributed by atoms with van der Waals surface area (Å²) >= 11 is 6.39. The summed E-state index contributed by atoms with van der Waals surface area (Å²) < 4.78 is 5.86. The van der Waals surface area contributed by atoms with Gasteiger partial charge in [0.2, 0.25) is 4.77 Å². The summed E-state index contributed by atoms with van der Waals surface area (Å²) in [5.41, 5.74) is 2.60. The first kappa shape index (κ1) is 10.2. The predicted octanol–water partition coefficient (Wildman–Crippen LogP) is 1.84. The van der Waals surface area contributed by atoms with E-state index in [9.17, 15) is 0 Å². The molecule has 0 aliphatic rings. The molecular weight excluding hydrogens is 256 g/mol. The van der Waals surface area contributed by atoms with Crippen molar-refractivity contribution < 1.29 is 0 Å². The number of H-pyrrole nitrogens is 1. The molecule has 3 rings (SSSR count). The molecule has 0 unspecified atom stereocenters. The molecule has 0 aliphatic carbocycles. The van der Waals surface area contributed by atoms with Crippen molar-refractivity contribution in [3.63, 3.8) is 0 Å². The van der Waals surface area contributed by atoms with Crippen molar-refractivity contribution in [2.75, 3.05) is 0 Å². The van der Waals surface area contributed by atoms with E-state index in [1.54, 1.807) is 4.68 Å². The van der Waals surface area contributed by atoms with Crippen molar-refractivity contribution in [3.8, 4) is 16.9 Å². The Labute approximate surface area is 105 Å². The van der Waals surface area contributed by atoms with Gasteiger partial charge in [-0.05, 0) is 29.8 Å². The first-order chi connectivity index (χ1) is 8.36. The topological polar surface area (TPSA) is 72.3 Å². The van der Waals surface area contributed by atoms with Gasteiger partial charge in [0.1, 0.15) is 5.69 Å². The van der Waals surface area contributed by atoms with E-state index in [4.69, 9.17) is 12.2 Å². The lowest BCUT2D eigenvalue weighted by molar-refractivity contribution is 0.786. The van der Waals surface area contributed by atoms with Gasteiger partial charge in [0, 0.05) is 10.9 Å². The van der Waals surface area contributed by atoms with E-state index < -0.39 is 0 Å². The fourth-order valence-corrected chi connectivity index (χ4v) is 2.16. The Morgan fingerprint density at radius 2 is 2.12 bits per heavy atom. The molecule has 3 aromatic rings. The Balaban J connectivity index is 2.25. The van der Waals surface area contributed by atoms with E-state index in [0.29, 0.717) is 4.77 Å². The number of nitrogens with zero attached hydrogens (tertiary/aromatic N) is 5. The van der Waals surface area contributed by atoms with Crippen LogP contribution in [0.1, 0.15) is 0 Å². The van der Waals surface area contributed by atoms with Crippen LogP contribution in [-0.4, -0.2) is 29.8 Å². The highest BCUT2D eigenvalue weighted by atomic mass is 32.1. The fraction of sp³-hybridized carbons (Fsp3) is 0. The van der Waals surface area contributed by atoms with Gasteiger partial charge in [-0.25, -0.2) is 4.68 Å². The van der Waals surface area contributed by atoms with E-state index in [2.05, 4.69) is 25.1 Å². The SMILES string of the molecule is S=c1nn[nH]n1-c1ccccc1-c1csnn1. The smallest absolute Gasteiger partial charge is 0.209 e. The number of rotatable bonds is 2. The van der Waals surface area contributed by atoms with Crippen molar-refractivity contribution in [3.05, 3.63) is 34.4 Å². The standard InChI is InChI=1S/C9H6N6S2/c16-9-11-12-13-15(9)8-4-2-1-3-6(8)7-5-17-14-10-7/h1-5H,(H,11,13,16). The van der Waals surface area contributed by atoms with Crippen LogP contribution >= 0.6 is 23.8 Å². The highest BCUT2D eigenvalue weighted by molar-refractivity contribution is 7.71. The van der Waals surface area contributed by atoms with Crippen LogP contribution in [0.15, 0.2) is 29.6 Å². The number of tetrazole rings is 1. The molecule has 0 radical (unpaired) electrons. The lowest BCUT2D eigenvalue weighted by atomic mass is 10.1. The summed E-state index contributed by atoms with van der Waals surface area (Å²) in [5, 5.41) is 16.1. The maximum Gasteiger partial charge on any atom is 0.242 e. The second kappa shape index (κ2) is 4.15. The number of aromatic nitrogens is 6. The third-order valence-electron chi connectivity index (χ3n) is 2.25. The molecule has 17 heavy (non-hydrogen) atoms. The van der Waals surface area contributed by atoms with Gasteiger partial charge in [0.25, 0.3) is 0 Å². The summed E-state index contributed by atoms with van der Waals surface area (Å²) in [4.78, 5) is 0. The summed E-state index contributed by atoms with van der Waals surface area (Å²) in [6.45, 7) is 0. The highest BCUT2D eigenvalue weighted by Gasteiger charge is 2.10. The Kier molecular flexibility index (Phi) is 2.50. The van der Waals surface area contributed by atoms with Crippen molar-refractivity contribution in [2.24, 2.45) is 0 Å². The summed E-state index contributed by atoms with van der Waals surface area (Å²) in [5.74, 6) is 0. The lowest BCUT2D eigenvalue weighted by Crippen LogP contribution is -1.99. The maximum absolute atomic E-state index is 5.08. The van der Waals surface area contributed by atoms with Crippen LogP contribution in [0.2, 0.25) is 0 Å². The van der Waals surface area contributed by atoms with Crippen molar-refractivity contribution in [1.82, 2.24) is 29.8 Å². The molecule has 2 heterocycles. The zero-order valence-electron chi connectivity index (χ0n) is 8.44. The molecule has 1 N–H and O–H groups in total. The molecule has 0 aliphatic heterocycles. The van der Waals surface area contributed by atoms with E-state index >= 15 is 0 Å². The molecule has 0 bridgehead atoms. The molecule has 8 heteroatoms. The Hall–Kier alpha value is -1.93. The minimum absolute atomic E-state index is 0.376. The highest BCUT2D eigenvalue weighted by Crippen LogP contribution is 2.24. The maximum atomic E-state index is 5.08. The molecular formula is C9H6N6S2. The van der Waals surface area contributed by atoms with Crippen LogP contribution in [0.5, 0.6) is 0 Å². The average Bonchev–Trinajstić information content (AvgIpc) is 3.00. The van der Waals surface area contributed by atoms with Crippen LogP contribution in [0, 0.1) is 4.77 Å². The first-order valence-corrected chi connectivity index (χ1v) is 5.97. The van der Waals surface area contributed by atoms with Gasteiger partial charge < -0.3 is 0 Å². The predicted molar refractivity (Wildman–Crippen MR) is 65.4 cm³/mol. The van der Waals surface area contributed by atoms with E-state index in [1.807, 2.05) is 29.6 Å². The fourth-order valence-electron chi connectivity index (χ4n) is 1.52. The Morgan fingerprint density at radius 1 is 1.24 bits per heavy atom. The molecule has 0 amide bonds. The minimum atomic E-state index is 0.376. The van der Waals surface area contributed by atoms with Crippen LogP contribution < -0.4 is 0 Å². The monoisotopic (exact) mass is 262 g/mol. The number of aromatic amines is 1. The van der Waals surface area contributed by atoms with E-state index in [0.717, 1.165) is 16.9 Å². The summed E-state index contributed by atoms with van der Waals surface area (Å²) in [6, 6.07) is 7.73. The Morgan fingerprint density at radius 3 is 2.82 bits per heavy atom. The number of hydrogen-bond acceptors (Lipinski definition) is 6. The zero-order chi connectivity index (χ0) is 11.7. The van der Waals surface area contributed by atoms with Crippen LogP contribution in [0.3, 0.4) is 0 Å².